The highest BCUT2D eigenvalue weighted by molar-refractivity contribution is 5.60. The Kier molecular flexibility index (Phi) is 5.32. The van der Waals surface area contributed by atoms with Gasteiger partial charge in [-0.1, -0.05) is 30.3 Å². The Morgan fingerprint density at radius 3 is 2.50 bits per heavy atom. The molecule has 148 valence electrons. The maximum Gasteiger partial charge on any atom is 0.232 e. The van der Waals surface area contributed by atoms with Crippen LogP contribution in [0.2, 0.25) is 0 Å². The number of hydrogen-bond donors (Lipinski definition) is 2. The number of aromatic nitrogens is 4. The Labute approximate surface area is 167 Å². The van der Waals surface area contributed by atoms with Crippen LogP contribution < -0.4 is 15.4 Å². The minimum atomic E-state index is 0. The molecule has 1 saturated carbocycles. The van der Waals surface area contributed by atoms with Crippen LogP contribution in [-0.2, 0) is 0 Å². The topological polar surface area (TPSA) is 84.9 Å². The molecule has 1 fully saturated rings. The zero-order valence-electron chi connectivity index (χ0n) is 16.1. The van der Waals surface area contributed by atoms with Crippen molar-refractivity contribution in [3.8, 4) is 17.3 Å². The number of pyridine rings is 1. The standard InChI is InChI=1S/C21H24N6O.2H2/c1-14(2)23-20-25-19(16-6-4-3-5-7-16)26-21(27-20)24-17-10-11-18(22-12-17)28-13-15-8-9-15;;/h3-7,10-12,14-15H,8-9,13H2,1-2H3,(H2,23,24,25,26,27);2*1H. The summed E-state index contributed by atoms with van der Waals surface area (Å²) in [6.45, 7) is 4.84. The minimum Gasteiger partial charge on any atom is -0.477 e. The lowest BCUT2D eigenvalue weighted by molar-refractivity contribution is 0.288. The third-order valence-corrected chi connectivity index (χ3v) is 4.24. The Bertz CT molecular complexity index is 921. The summed E-state index contributed by atoms with van der Waals surface area (Å²) in [6.07, 6.45) is 4.24. The maximum atomic E-state index is 5.68. The normalized spacial score (nSPS) is 13.4. The summed E-state index contributed by atoms with van der Waals surface area (Å²) >= 11 is 0. The van der Waals surface area contributed by atoms with Crippen molar-refractivity contribution in [1.82, 2.24) is 19.9 Å². The Morgan fingerprint density at radius 1 is 1.04 bits per heavy atom. The molecule has 0 radical (unpaired) electrons. The first-order valence-corrected chi connectivity index (χ1v) is 9.59. The van der Waals surface area contributed by atoms with Gasteiger partial charge in [-0.25, -0.2) is 4.98 Å². The molecule has 0 saturated heterocycles. The van der Waals surface area contributed by atoms with E-state index in [1.807, 2.05) is 56.3 Å². The average Bonchev–Trinajstić information content (AvgIpc) is 3.52. The van der Waals surface area contributed by atoms with Crippen molar-refractivity contribution in [1.29, 1.82) is 0 Å². The summed E-state index contributed by atoms with van der Waals surface area (Å²) in [7, 11) is 0. The number of anilines is 3. The molecule has 4 rings (SSSR count). The summed E-state index contributed by atoms with van der Waals surface area (Å²) in [4.78, 5) is 17.9. The van der Waals surface area contributed by atoms with Gasteiger partial charge in [-0.2, -0.15) is 15.0 Å². The highest BCUT2D eigenvalue weighted by Crippen LogP contribution is 2.29. The molecule has 3 aromatic rings. The van der Waals surface area contributed by atoms with Gasteiger partial charge in [-0.15, -0.1) is 0 Å². The van der Waals surface area contributed by atoms with Gasteiger partial charge in [-0.3, -0.25) is 0 Å². The van der Waals surface area contributed by atoms with Gasteiger partial charge in [0.2, 0.25) is 17.8 Å². The van der Waals surface area contributed by atoms with Crippen LogP contribution in [0.25, 0.3) is 11.4 Å². The van der Waals surface area contributed by atoms with Gasteiger partial charge in [0.25, 0.3) is 0 Å². The molecule has 0 bridgehead atoms. The monoisotopic (exact) mass is 380 g/mol. The lowest BCUT2D eigenvalue weighted by Gasteiger charge is -2.12. The van der Waals surface area contributed by atoms with Crippen molar-refractivity contribution >= 4 is 17.6 Å². The molecular formula is C21H28N6O. The predicted octanol–water partition coefficient (Wildman–Crippen LogP) is 4.78. The third-order valence-electron chi connectivity index (χ3n) is 4.24. The highest BCUT2D eigenvalue weighted by Gasteiger charge is 2.22. The van der Waals surface area contributed by atoms with E-state index in [1.165, 1.54) is 12.8 Å². The highest BCUT2D eigenvalue weighted by atomic mass is 16.5. The summed E-state index contributed by atoms with van der Waals surface area (Å²) in [5.41, 5.74) is 1.72. The predicted molar refractivity (Wildman–Crippen MR) is 114 cm³/mol. The summed E-state index contributed by atoms with van der Waals surface area (Å²) < 4.78 is 5.68. The number of ether oxygens (including phenoxy) is 1. The first-order valence-electron chi connectivity index (χ1n) is 9.59. The zero-order valence-corrected chi connectivity index (χ0v) is 16.1. The van der Waals surface area contributed by atoms with E-state index in [2.05, 4.69) is 30.6 Å². The molecule has 1 aliphatic carbocycles. The van der Waals surface area contributed by atoms with Gasteiger partial charge < -0.3 is 15.4 Å². The number of nitrogens with one attached hydrogen (secondary N) is 2. The molecule has 0 amide bonds. The lowest BCUT2D eigenvalue weighted by Crippen LogP contribution is -2.14. The van der Waals surface area contributed by atoms with E-state index < -0.39 is 0 Å². The van der Waals surface area contributed by atoms with E-state index in [0.717, 1.165) is 17.9 Å². The molecule has 1 aliphatic rings. The lowest BCUT2D eigenvalue weighted by atomic mass is 10.2. The number of nitrogens with zero attached hydrogens (tertiary/aromatic N) is 4. The van der Waals surface area contributed by atoms with Crippen LogP contribution in [0.1, 0.15) is 29.5 Å². The second-order valence-electron chi connectivity index (χ2n) is 7.24. The Morgan fingerprint density at radius 2 is 1.82 bits per heavy atom. The van der Waals surface area contributed by atoms with Crippen LogP contribution in [0.15, 0.2) is 48.7 Å². The molecule has 28 heavy (non-hydrogen) atoms. The fourth-order valence-corrected chi connectivity index (χ4v) is 2.63. The van der Waals surface area contributed by atoms with Gasteiger partial charge >= 0.3 is 0 Å². The van der Waals surface area contributed by atoms with Gasteiger partial charge in [0, 0.05) is 20.5 Å². The molecule has 0 aliphatic heterocycles. The fraction of sp³-hybridized carbons (Fsp3) is 0.333. The van der Waals surface area contributed by atoms with Crippen LogP contribution in [0.5, 0.6) is 5.88 Å². The van der Waals surface area contributed by atoms with E-state index in [4.69, 9.17) is 4.74 Å². The van der Waals surface area contributed by atoms with Crippen molar-refractivity contribution in [3.05, 3.63) is 48.7 Å². The smallest absolute Gasteiger partial charge is 0.232 e. The van der Waals surface area contributed by atoms with E-state index in [9.17, 15) is 0 Å². The van der Waals surface area contributed by atoms with Crippen molar-refractivity contribution in [2.75, 3.05) is 17.2 Å². The summed E-state index contributed by atoms with van der Waals surface area (Å²) in [6, 6.07) is 13.8. The minimum absolute atomic E-state index is 0. The number of rotatable bonds is 8. The van der Waals surface area contributed by atoms with Gasteiger partial charge in [0.15, 0.2) is 5.82 Å². The Hall–Kier alpha value is -3.22. The first-order chi connectivity index (χ1) is 13.7. The molecule has 2 N–H and O–H groups in total. The van der Waals surface area contributed by atoms with Crippen molar-refractivity contribution in [3.63, 3.8) is 0 Å². The van der Waals surface area contributed by atoms with Crippen LogP contribution >= 0.6 is 0 Å². The molecule has 0 spiro atoms. The summed E-state index contributed by atoms with van der Waals surface area (Å²) in [5.74, 6) is 2.95. The number of hydrogen-bond acceptors (Lipinski definition) is 7. The van der Waals surface area contributed by atoms with Crippen LogP contribution in [0.3, 0.4) is 0 Å². The fourth-order valence-electron chi connectivity index (χ4n) is 2.63. The zero-order chi connectivity index (χ0) is 19.3. The second-order valence-corrected chi connectivity index (χ2v) is 7.24. The first kappa shape index (κ1) is 18.2. The molecule has 1 aromatic carbocycles. The number of benzene rings is 1. The van der Waals surface area contributed by atoms with Crippen molar-refractivity contribution in [2.45, 2.75) is 32.7 Å². The summed E-state index contributed by atoms with van der Waals surface area (Å²) in [5, 5.41) is 6.46. The van der Waals surface area contributed by atoms with Crippen LogP contribution in [0.4, 0.5) is 17.6 Å². The molecule has 2 heterocycles. The molecule has 7 nitrogen and oxygen atoms in total. The van der Waals surface area contributed by atoms with E-state index in [-0.39, 0.29) is 8.90 Å². The molecule has 0 unspecified atom stereocenters. The van der Waals surface area contributed by atoms with E-state index in [1.54, 1.807) is 6.20 Å². The van der Waals surface area contributed by atoms with E-state index in [0.29, 0.717) is 29.5 Å². The van der Waals surface area contributed by atoms with Crippen LogP contribution in [0, 0.1) is 5.92 Å². The van der Waals surface area contributed by atoms with Crippen molar-refractivity contribution in [2.24, 2.45) is 5.92 Å². The van der Waals surface area contributed by atoms with Gasteiger partial charge in [0.1, 0.15) is 0 Å². The van der Waals surface area contributed by atoms with Crippen molar-refractivity contribution < 1.29 is 7.59 Å². The molecular weight excluding hydrogens is 352 g/mol. The van der Waals surface area contributed by atoms with E-state index >= 15 is 0 Å². The Balaban J connectivity index is 0.00000160. The average molecular weight is 380 g/mol. The van der Waals surface area contributed by atoms with Gasteiger partial charge in [-0.05, 0) is 38.7 Å². The van der Waals surface area contributed by atoms with Gasteiger partial charge in [0.05, 0.1) is 18.5 Å². The third kappa shape index (κ3) is 4.94. The van der Waals surface area contributed by atoms with Crippen LogP contribution in [-0.4, -0.2) is 32.6 Å². The molecule has 0 atom stereocenters. The maximum absolute atomic E-state index is 5.68. The molecule has 7 heteroatoms. The second kappa shape index (κ2) is 8.21. The quantitative estimate of drug-likeness (QED) is 0.582. The molecule has 2 aromatic heterocycles. The largest absolute Gasteiger partial charge is 0.477 e. The SMILES string of the molecule is CC(C)Nc1nc(Nc2ccc(OCC3CC3)nc2)nc(-c2ccccc2)n1.[HH].[HH].